The second-order valence-electron chi connectivity index (χ2n) is 14.8. The van der Waals surface area contributed by atoms with Gasteiger partial charge in [-0.25, -0.2) is 0 Å². The van der Waals surface area contributed by atoms with E-state index in [1.807, 2.05) is 0 Å². The molecule has 2 rings (SSSR count). The lowest BCUT2D eigenvalue weighted by Gasteiger charge is -2.36. The summed E-state index contributed by atoms with van der Waals surface area (Å²) in [5.74, 6) is 0.00566. The molecule has 0 heterocycles. The summed E-state index contributed by atoms with van der Waals surface area (Å²) in [6.45, 7) is 35.5. The Morgan fingerprint density at radius 3 is 1.16 bits per heavy atom. The van der Waals surface area contributed by atoms with Crippen LogP contribution in [0.25, 0.3) is 0 Å². The topological polar surface area (TPSA) is 49.7 Å². The average Bonchev–Trinajstić information content (AvgIpc) is 2.63. The van der Waals surface area contributed by atoms with Gasteiger partial charge in [-0.3, -0.25) is 0 Å². The Bertz CT molecular complexity index is 1070. The van der Waals surface area contributed by atoms with Crippen molar-refractivity contribution in [3.63, 3.8) is 0 Å². The molecule has 0 spiro atoms. The molecular weight excluding hydrogens is 475 g/mol. The van der Waals surface area contributed by atoms with Gasteiger partial charge in [0, 0.05) is 0 Å². The molecule has 0 aliphatic carbocycles. The summed E-state index contributed by atoms with van der Waals surface area (Å²) < 4.78 is 5.61. The zero-order valence-electron chi connectivity index (χ0n) is 25.8. The van der Waals surface area contributed by atoms with Gasteiger partial charge < -0.3 is 14.3 Å². The van der Waals surface area contributed by atoms with Gasteiger partial charge in [-0.05, 0) is 80.0 Å². The van der Waals surface area contributed by atoms with Crippen molar-refractivity contribution in [2.45, 2.75) is 125 Å². The van der Waals surface area contributed by atoms with Crippen LogP contribution in [-0.4, -0.2) is 9.79 Å². The highest BCUT2D eigenvalue weighted by molar-refractivity contribution is 7.39. The molecular formula is C33H51O3P. The quantitative estimate of drug-likeness (QED) is 0.301. The van der Waals surface area contributed by atoms with Gasteiger partial charge in [0.15, 0.2) is 0 Å². The molecule has 2 aromatic carbocycles. The van der Waals surface area contributed by atoms with Gasteiger partial charge in [-0.1, -0.05) is 114 Å². The maximum Gasteiger partial charge on any atom is 0.391 e. The van der Waals surface area contributed by atoms with E-state index in [0.717, 1.165) is 11.1 Å². The molecule has 0 fully saturated rings. The van der Waals surface area contributed by atoms with Gasteiger partial charge >= 0.3 is 8.60 Å². The van der Waals surface area contributed by atoms with E-state index in [-0.39, 0.29) is 27.6 Å². The highest BCUT2D eigenvalue weighted by atomic mass is 31.2. The molecule has 0 saturated carbocycles. The summed E-state index contributed by atoms with van der Waals surface area (Å²) in [7, 11) is -2.59. The predicted octanol–water partition coefficient (Wildman–Crippen LogP) is 9.37. The van der Waals surface area contributed by atoms with Crippen LogP contribution >= 0.6 is 8.60 Å². The lowest BCUT2D eigenvalue weighted by atomic mass is 9.69. The third kappa shape index (κ3) is 7.25. The van der Waals surface area contributed by atoms with E-state index in [1.54, 1.807) is 0 Å². The lowest BCUT2D eigenvalue weighted by molar-refractivity contribution is 0.306. The zero-order chi connectivity index (χ0) is 28.9. The molecule has 4 heteroatoms. The van der Waals surface area contributed by atoms with Gasteiger partial charge in [0.2, 0.25) is 0 Å². The molecule has 0 atom stereocenters. The second kappa shape index (κ2) is 10.5. The van der Waals surface area contributed by atoms with E-state index in [9.17, 15) is 9.79 Å². The van der Waals surface area contributed by atoms with E-state index in [1.165, 1.54) is 33.4 Å². The van der Waals surface area contributed by atoms with Crippen LogP contribution < -0.4 is 0 Å². The first-order chi connectivity index (χ1) is 16.5. The fourth-order valence-corrected chi connectivity index (χ4v) is 5.84. The summed E-state index contributed by atoms with van der Waals surface area (Å²) in [6, 6.07) is 9.24. The first-order valence-corrected chi connectivity index (χ1v) is 14.5. The molecule has 3 nitrogen and oxygen atoms in total. The van der Waals surface area contributed by atoms with E-state index in [4.69, 9.17) is 4.52 Å². The van der Waals surface area contributed by atoms with E-state index in [0.29, 0.717) is 5.76 Å². The van der Waals surface area contributed by atoms with Crippen molar-refractivity contribution in [2.75, 3.05) is 0 Å². The molecule has 2 N–H and O–H groups in total. The van der Waals surface area contributed by atoms with Gasteiger partial charge in [-0.2, -0.15) is 0 Å². The summed E-state index contributed by atoms with van der Waals surface area (Å²) in [4.78, 5) is 19.7. The van der Waals surface area contributed by atoms with Crippen LogP contribution in [0.5, 0.6) is 0 Å². The van der Waals surface area contributed by atoms with Crippen molar-refractivity contribution < 1.29 is 14.3 Å². The van der Waals surface area contributed by atoms with E-state index >= 15 is 0 Å². The van der Waals surface area contributed by atoms with Crippen molar-refractivity contribution in [2.24, 2.45) is 0 Å². The Morgan fingerprint density at radius 1 is 0.622 bits per heavy atom. The zero-order valence-corrected chi connectivity index (χ0v) is 26.7. The van der Waals surface area contributed by atoms with E-state index in [2.05, 4.69) is 128 Å². The smallest absolute Gasteiger partial charge is 0.391 e. The van der Waals surface area contributed by atoms with Gasteiger partial charge in [0.05, 0.1) is 5.92 Å². The van der Waals surface area contributed by atoms with Crippen molar-refractivity contribution in [1.29, 1.82) is 0 Å². The third-order valence-corrected chi connectivity index (χ3v) is 7.57. The molecule has 0 bridgehead atoms. The summed E-state index contributed by atoms with van der Waals surface area (Å²) in [5, 5.41) is 0. The normalized spacial score (nSPS) is 13.5. The van der Waals surface area contributed by atoms with Gasteiger partial charge in [0.25, 0.3) is 0 Å². The number of hydrogen-bond donors (Lipinski definition) is 2. The maximum absolute atomic E-state index is 9.87. The minimum Gasteiger partial charge on any atom is -0.431 e. The Labute approximate surface area is 228 Å². The largest absolute Gasteiger partial charge is 0.431 e. The van der Waals surface area contributed by atoms with Crippen LogP contribution in [0.15, 0.2) is 36.6 Å². The van der Waals surface area contributed by atoms with Crippen molar-refractivity contribution in [1.82, 2.24) is 0 Å². The summed E-state index contributed by atoms with van der Waals surface area (Å²) in [6.07, 6.45) is 0. The Morgan fingerprint density at radius 2 is 0.919 bits per heavy atom. The van der Waals surface area contributed by atoms with Crippen LogP contribution in [0, 0.1) is 13.8 Å². The van der Waals surface area contributed by atoms with Gasteiger partial charge in [0.1, 0.15) is 5.76 Å². The Hall–Kier alpha value is -1.67. The van der Waals surface area contributed by atoms with E-state index < -0.39 is 8.60 Å². The summed E-state index contributed by atoms with van der Waals surface area (Å²) in [5.41, 5.74) is 9.40. The van der Waals surface area contributed by atoms with Crippen molar-refractivity contribution in [3.8, 4) is 0 Å². The molecule has 0 radical (unpaired) electrons. The molecule has 37 heavy (non-hydrogen) atoms. The fraction of sp³-hybridized carbons (Fsp3) is 0.576. The second-order valence-corrected chi connectivity index (χ2v) is 15.4. The number of rotatable bonds is 5. The molecule has 0 aliphatic heterocycles. The molecule has 2 aromatic rings. The van der Waals surface area contributed by atoms with Crippen LogP contribution in [0.3, 0.4) is 0 Å². The number of allylic oxidation sites excluding steroid dienone is 1. The Balaban J connectivity index is 3.09. The highest BCUT2D eigenvalue weighted by Gasteiger charge is 2.34. The molecule has 0 amide bonds. The number of hydrogen-bond acceptors (Lipinski definition) is 3. The molecule has 0 aromatic heterocycles. The first kappa shape index (κ1) is 31.5. The lowest BCUT2D eigenvalue weighted by Crippen LogP contribution is -2.25. The SMILES string of the molecule is C=C(OP(O)O)C(c1cc(C)c(C(C)(C)C)cc1C(C)(C)C)c1cc(C)c(C(C)(C)C)cc1C(C)(C)C. The van der Waals surface area contributed by atoms with Crippen molar-refractivity contribution in [3.05, 3.63) is 81.1 Å². The highest BCUT2D eigenvalue weighted by Crippen LogP contribution is 2.47. The number of aryl methyl sites for hydroxylation is 2. The summed E-state index contributed by atoms with van der Waals surface area (Å²) >= 11 is 0. The average molecular weight is 527 g/mol. The molecule has 0 saturated heterocycles. The standard InChI is InChI=1S/C33H51O3P/c1-20-16-23(27(32(10,11)12)18-25(20)30(4,5)6)29(22(3)36-37(34)35)24-17-21(2)26(31(7,8)9)19-28(24)33(13,14)15/h16-19,29,34-35H,3H2,1-2,4-15H3. The number of benzene rings is 2. The molecule has 0 unspecified atom stereocenters. The van der Waals surface area contributed by atoms with Gasteiger partial charge in [-0.15, -0.1) is 0 Å². The predicted molar refractivity (Wildman–Crippen MR) is 161 cm³/mol. The molecule has 0 aliphatic rings. The minimum absolute atomic E-state index is 0.00233. The van der Waals surface area contributed by atoms with Crippen LogP contribution in [-0.2, 0) is 26.2 Å². The maximum atomic E-state index is 9.87. The minimum atomic E-state index is -2.59. The first-order valence-electron chi connectivity index (χ1n) is 13.3. The van der Waals surface area contributed by atoms with Crippen molar-refractivity contribution >= 4 is 8.60 Å². The third-order valence-electron chi connectivity index (χ3n) is 7.17. The van der Waals surface area contributed by atoms with Crippen LogP contribution in [0.4, 0.5) is 0 Å². The van der Waals surface area contributed by atoms with Crippen LogP contribution in [0.2, 0.25) is 0 Å². The van der Waals surface area contributed by atoms with Crippen LogP contribution in [0.1, 0.15) is 134 Å². The molecule has 206 valence electrons. The fourth-order valence-electron chi connectivity index (χ4n) is 5.53. The Kier molecular flexibility index (Phi) is 8.93. The monoisotopic (exact) mass is 526 g/mol.